The van der Waals surface area contributed by atoms with Gasteiger partial charge in [0.2, 0.25) is 0 Å². The van der Waals surface area contributed by atoms with Crippen LogP contribution in [0.4, 0.5) is 0 Å². The topological polar surface area (TPSA) is 24.5 Å². The van der Waals surface area contributed by atoms with E-state index in [0.29, 0.717) is 6.10 Å². The van der Waals surface area contributed by atoms with Crippen LogP contribution in [-0.4, -0.2) is 51.3 Å². The number of hydrogen-bond donors (Lipinski definition) is 1. The highest BCUT2D eigenvalue weighted by molar-refractivity contribution is 4.63. The molecule has 0 aromatic rings. The van der Waals surface area contributed by atoms with Crippen LogP contribution >= 0.6 is 0 Å². The first-order chi connectivity index (χ1) is 8.33. The molecule has 3 nitrogen and oxygen atoms in total. The van der Waals surface area contributed by atoms with Gasteiger partial charge >= 0.3 is 0 Å². The van der Waals surface area contributed by atoms with E-state index in [4.69, 9.17) is 4.74 Å². The fraction of sp³-hybridized carbons (Fsp3) is 1.00. The fourth-order valence-corrected chi connectivity index (χ4v) is 2.08. The van der Waals surface area contributed by atoms with Gasteiger partial charge in [0.05, 0.1) is 6.10 Å². The lowest BCUT2D eigenvalue weighted by atomic mass is 9.98. The van der Waals surface area contributed by atoms with E-state index in [1.54, 1.807) is 0 Å². The normalized spacial score (nSPS) is 21.9. The van der Waals surface area contributed by atoms with Gasteiger partial charge in [0.1, 0.15) is 0 Å². The van der Waals surface area contributed by atoms with Gasteiger partial charge in [-0.15, -0.1) is 0 Å². The van der Waals surface area contributed by atoms with Crippen LogP contribution < -0.4 is 5.32 Å². The predicted octanol–water partition coefficient (Wildman–Crippen LogP) is 2.51. The molecule has 1 aliphatic heterocycles. The van der Waals surface area contributed by atoms with Gasteiger partial charge in [-0.05, 0) is 19.9 Å². The van der Waals surface area contributed by atoms with Gasteiger partial charge in [0.15, 0.2) is 0 Å². The van der Waals surface area contributed by atoms with Crippen LogP contribution in [0.3, 0.4) is 0 Å². The number of methoxy groups -OCH3 is 1. The Labute approximate surface area is 108 Å². The summed E-state index contributed by atoms with van der Waals surface area (Å²) in [5, 5.41) is 3.27. The zero-order valence-electron chi connectivity index (χ0n) is 12.3. The molecule has 2 fully saturated rings. The number of rotatable bonds is 1. The Hall–Kier alpha value is -0.120. The Morgan fingerprint density at radius 3 is 1.82 bits per heavy atom. The van der Waals surface area contributed by atoms with Gasteiger partial charge in [0, 0.05) is 33.3 Å². The van der Waals surface area contributed by atoms with E-state index in [1.165, 1.54) is 45.2 Å². The molecular formula is C14H32N2O. The maximum absolute atomic E-state index is 5.19. The quantitative estimate of drug-likeness (QED) is 0.767. The first kappa shape index (κ1) is 16.9. The SMILES string of the molecule is CC.CN1CCNCC1.COC1CCCCC1. The van der Waals surface area contributed by atoms with E-state index < -0.39 is 0 Å². The third-order valence-electron chi connectivity index (χ3n) is 3.23. The van der Waals surface area contributed by atoms with E-state index in [9.17, 15) is 0 Å². The minimum absolute atomic E-state index is 0.587. The molecule has 0 aromatic heterocycles. The van der Waals surface area contributed by atoms with Crippen LogP contribution in [0.1, 0.15) is 46.0 Å². The van der Waals surface area contributed by atoms with Crippen molar-refractivity contribution in [1.29, 1.82) is 0 Å². The van der Waals surface area contributed by atoms with Crippen molar-refractivity contribution in [1.82, 2.24) is 10.2 Å². The Balaban J connectivity index is 0.000000265. The van der Waals surface area contributed by atoms with Gasteiger partial charge < -0.3 is 15.0 Å². The molecule has 0 radical (unpaired) electrons. The van der Waals surface area contributed by atoms with Crippen LogP contribution in [-0.2, 0) is 4.74 Å². The Morgan fingerprint density at radius 2 is 1.53 bits per heavy atom. The molecule has 1 saturated carbocycles. The highest BCUT2D eigenvalue weighted by atomic mass is 16.5. The average molecular weight is 244 g/mol. The van der Waals surface area contributed by atoms with Crippen molar-refractivity contribution in [2.75, 3.05) is 40.3 Å². The van der Waals surface area contributed by atoms with Gasteiger partial charge in [0.25, 0.3) is 0 Å². The molecule has 0 bridgehead atoms. The Morgan fingerprint density at radius 1 is 1.00 bits per heavy atom. The van der Waals surface area contributed by atoms with Crippen molar-refractivity contribution in [2.24, 2.45) is 0 Å². The van der Waals surface area contributed by atoms with Crippen molar-refractivity contribution < 1.29 is 4.74 Å². The molecule has 2 rings (SSSR count). The summed E-state index contributed by atoms with van der Waals surface area (Å²) in [5.41, 5.74) is 0. The lowest BCUT2D eigenvalue weighted by Gasteiger charge is -2.21. The van der Waals surface area contributed by atoms with Crippen molar-refractivity contribution >= 4 is 0 Å². The summed E-state index contributed by atoms with van der Waals surface area (Å²) < 4.78 is 5.19. The van der Waals surface area contributed by atoms with Gasteiger partial charge in [-0.3, -0.25) is 0 Å². The molecule has 0 spiro atoms. The van der Waals surface area contributed by atoms with Crippen LogP contribution in [0, 0.1) is 0 Å². The summed E-state index contributed by atoms with van der Waals surface area (Å²) in [5.74, 6) is 0. The smallest absolute Gasteiger partial charge is 0.0571 e. The monoisotopic (exact) mass is 244 g/mol. The van der Waals surface area contributed by atoms with E-state index in [-0.39, 0.29) is 0 Å². The summed E-state index contributed by atoms with van der Waals surface area (Å²) in [7, 11) is 3.97. The second-order valence-corrected chi connectivity index (χ2v) is 4.55. The highest BCUT2D eigenvalue weighted by Crippen LogP contribution is 2.18. The zero-order valence-corrected chi connectivity index (χ0v) is 12.3. The molecule has 0 amide bonds. The van der Waals surface area contributed by atoms with Crippen LogP contribution in [0.15, 0.2) is 0 Å². The van der Waals surface area contributed by atoms with Crippen LogP contribution in [0.5, 0.6) is 0 Å². The largest absolute Gasteiger partial charge is 0.381 e. The molecule has 1 N–H and O–H groups in total. The van der Waals surface area contributed by atoms with E-state index >= 15 is 0 Å². The minimum atomic E-state index is 0.587. The molecule has 2 aliphatic rings. The number of nitrogens with one attached hydrogen (secondary N) is 1. The third-order valence-corrected chi connectivity index (χ3v) is 3.23. The molecule has 0 atom stereocenters. The van der Waals surface area contributed by atoms with E-state index in [1.807, 2.05) is 21.0 Å². The van der Waals surface area contributed by atoms with Crippen molar-refractivity contribution in [2.45, 2.75) is 52.1 Å². The van der Waals surface area contributed by atoms with Crippen molar-refractivity contribution in [3.05, 3.63) is 0 Å². The fourth-order valence-electron chi connectivity index (χ4n) is 2.08. The molecule has 1 aliphatic carbocycles. The molecule has 1 saturated heterocycles. The number of hydrogen-bond acceptors (Lipinski definition) is 3. The maximum Gasteiger partial charge on any atom is 0.0571 e. The number of likely N-dealkylation sites (N-methyl/N-ethyl adjacent to an activating group) is 1. The summed E-state index contributed by atoms with van der Waals surface area (Å²) in [6, 6.07) is 0. The molecule has 104 valence electrons. The van der Waals surface area contributed by atoms with Crippen molar-refractivity contribution in [3.8, 4) is 0 Å². The van der Waals surface area contributed by atoms with Gasteiger partial charge in [-0.1, -0.05) is 33.1 Å². The summed E-state index contributed by atoms with van der Waals surface area (Å²) in [6.07, 6.45) is 7.33. The average Bonchev–Trinajstić information content (AvgIpc) is 2.43. The number of ether oxygens (including phenoxy) is 1. The predicted molar refractivity (Wildman–Crippen MR) is 75.6 cm³/mol. The van der Waals surface area contributed by atoms with Gasteiger partial charge in [-0.2, -0.15) is 0 Å². The minimum Gasteiger partial charge on any atom is -0.381 e. The lowest BCUT2D eigenvalue weighted by molar-refractivity contribution is 0.0710. The zero-order chi connectivity index (χ0) is 12.9. The van der Waals surface area contributed by atoms with Crippen molar-refractivity contribution in [3.63, 3.8) is 0 Å². The summed E-state index contributed by atoms with van der Waals surface area (Å²) >= 11 is 0. The molecular weight excluding hydrogens is 212 g/mol. The molecule has 3 heteroatoms. The lowest BCUT2D eigenvalue weighted by Crippen LogP contribution is -2.40. The second-order valence-electron chi connectivity index (χ2n) is 4.55. The van der Waals surface area contributed by atoms with Crippen LogP contribution in [0.2, 0.25) is 0 Å². The number of piperazine rings is 1. The third kappa shape index (κ3) is 9.57. The molecule has 0 aromatic carbocycles. The second kappa shape index (κ2) is 12.3. The first-order valence-electron chi connectivity index (χ1n) is 7.25. The summed E-state index contributed by atoms with van der Waals surface area (Å²) in [6.45, 7) is 8.74. The number of nitrogens with zero attached hydrogens (tertiary/aromatic N) is 1. The Bertz CT molecular complexity index is 141. The first-order valence-corrected chi connectivity index (χ1v) is 7.25. The highest BCUT2D eigenvalue weighted by Gasteiger charge is 2.10. The molecule has 1 heterocycles. The van der Waals surface area contributed by atoms with Crippen LogP contribution in [0.25, 0.3) is 0 Å². The van der Waals surface area contributed by atoms with E-state index in [2.05, 4.69) is 17.3 Å². The standard InChI is InChI=1S/C7H14O.C5H12N2.C2H6/c1-8-7-5-3-2-4-6-7;1-7-4-2-6-3-5-7;1-2/h7H,2-6H2,1H3;6H,2-5H2,1H3;1-2H3. The molecule has 17 heavy (non-hydrogen) atoms. The van der Waals surface area contributed by atoms with Gasteiger partial charge in [-0.25, -0.2) is 0 Å². The maximum atomic E-state index is 5.19. The van der Waals surface area contributed by atoms with E-state index in [0.717, 1.165) is 13.1 Å². The Kier molecular flexibility index (Phi) is 12.3. The molecule has 0 unspecified atom stereocenters. The summed E-state index contributed by atoms with van der Waals surface area (Å²) in [4.78, 5) is 2.33.